The first kappa shape index (κ1) is 8.40. The summed E-state index contributed by atoms with van der Waals surface area (Å²) in [6.45, 7) is 0.903. The highest BCUT2D eigenvalue weighted by Crippen LogP contribution is 1.92. The van der Waals surface area contributed by atoms with E-state index in [4.69, 9.17) is 0 Å². The molecule has 0 radical (unpaired) electrons. The van der Waals surface area contributed by atoms with Crippen LogP contribution in [0.2, 0.25) is 0 Å². The van der Waals surface area contributed by atoms with E-state index in [2.05, 4.69) is 16.2 Å². The van der Waals surface area contributed by atoms with Crippen molar-refractivity contribution in [1.82, 2.24) is 4.98 Å². The smallest absolute Gasteiger partial charge is 0.0561 e. The van der Waals surface area contributed by atoms with Gasteiger partial charge in [-0.2, -0.15) is 11.8 Å². The van der Waals surface area contributed by atoms with Crippen LogP contribution < -0.4 is 0 Å². The quantitative estimate of drug-likeness (QED) is 0.539. The van der Waals surface area contributed by atoms with Gasteiger partial charge in [-0.3, -0.25) is 4.99 Å². The van der Waals surface area contributed by atoms with Crippen LogP contribution in [0.4, 0.5) is 0 Å². The van der Waals surface area contributed by atoms with Crippen molar-refractivity contribution in [3.8, 4) is 0 Å². The Hall–Kier alpha value is -0.700. The molecule has 1 N–H and O–H groups in total. The van der Waals surface area contributed by atoms with E-state index in [0.29, 0.717) is 0 Å². The molecule has 0 spiro atoms. The number of hydrogen-bond acceptors (Lipinski definition) is 2. The van der Waals surface area contributed by atoms with E-state index in [1.807, 2.05) is 36.3 Å². The molecule has 0 aromatic carbocycles. The van der Waals surface area contributed by atoms with Gasteiger partial charge >= 0.3 is 0 Å². The van der Waals surface area contributed by atoms with Gasteiger partial charge in [0.2, 0.25) is 0 Å². The molecule has 1 aromatic rings. The normalized spacial score (nSPS) is 11.0. The SMILES string of the molecule is CSCCN=Cc1ccc[nH]1. The molecule has 0 aliphatic carbocycles. The van der Waals surface area contributed by atoms with Gasteiger partial charge in [0.05, 0.1) is 5.69 Å². The number of rotatable bonds is 4. The third-order valence-electron chi connectivity index (χ3n) is 1.28. The molecule has 0 aliphatic heterocycles. The van der Waals surface area contributed by atoms with Crippen molar-refractivity contribution in [3.63, 3.8) is 0 Å². The summed E-state index contributed by atoms with van der Waals surface area (Å²) in [7, 11) is 0. The average Bonchev–Trinajstić information content (AvgIpc) is 2.50. The maximum atomic E-state index is 4.23. The lowest BCUT2D eigenvalue weighted by molar-refractivity contribution is 1.15. The monoisotopic (exact) mass is 168 g/mol. The number of thioether (sulfide) groups is 1. The minimum atomic E-state index is 0.903. The van der Waals surface area contributed by atoms with Crippen molar-refractivity contribution in [3.05, 3.63) is 24.0 Å². The molecule has 1 aromatic heterocycles. The molecule has 0 unspecified atom stereocenters. The van der Waals surface area contributed by atoms with E-state index in [9.17, 15) is 0 Å². The maximum Gasteiger partial charge on any atom is 0.0561 e. The zero-order valence-electron chi connectivity index (χ0n) is 6.58. The van der Waals surface area contributed by atoms with Crippen LogP contribution in [0.5, 0.6) is 0 Å². The molecule has 3 heteroatoms. The number of aromatic amines is 1. The van der Waals surface area contributed by atoms with Gasteiger partial charge in [0.25, 0.3) is 0 Å². The lowest BCUT2D eigenvalue weighted by Gasteiger charge is -1.88. The Labute approximate surface area is 71.1 Å². The zero-order valence-corrected chi connectivity index (χ0v) is 7.40. The van der Waals surface area contributed by atoms with E-state index in [1.54, 1.807) is 0 Å². The van der Waals surface area contributed by atoms with Crippen LogP contribution in [0, 0.1) is 0 Å². The van der Waals surface area contributed by atoms with E-state index in [1.165, 1.54) is 0 Å². The van der Waals surface area contributed by atoms with Gasteiger partial charge < -0.3 is 4.98 Å². The minimum Gasteiger partial charge on any atom is -0.360 e. The van der Waals surface area contributed by atoms with Crippen LogP contribution >= 0.6 is 11.8 Å². The number of nitrogens with zero attached hydrogens (tertiary/aromatic N) is 1. The first-order chi connectivity index (χ1) is 5.43. The summed E-state index contributed by atoms with van der Waals surface area (Å²) in [5.74, 6) is 1.09. The predicted molar refractivity (Wildman–Crippen MR) is 51.6 cm³/mol. The number of nitrogens with one attached hydrogen (secondary N) is 1. The zero-order chi connectivity index (χ0) is 7.94. The maximum absolute atomic E-state index is 4.23. The fourth-order valence-electron chi connectivity index (χ4n) is 0.731. The van der Waals surface area contributed by atoms with Gasteiger partial charge in [-0.1, -0.05) is 0 Å². The van der Waals surface area contributed by atoms with Crippen molar-refractivity contribution in [2.75, 3.05) is 18.6 Å². The van der Waals surface area contributed by atoms with Crippen molar-refractivity contribution in [2.45, 2.75) is 0 Å². The number of aliphatic imine (C=N–C) groups is 1. The third-order valence-corrected chi connectivity index (χ3v) is 1.87. The topological polar surface area (TPSA) is 28.1 Å². The van der Waals surface area contributed by atoms with Gasteiger partial charge in [-0.25, -0.2) is 0 Å². The summed E-state index contributed by atoms with van der Waals surface area (Å²) in [5.41, 5.74) is 1.08. The average molecular weight is 168 g/mol. The van der Waals surface area contributed by atoms with Gasteiger partial charge in [0, 0.05) is 24.7 Å². The summed E-state index contributed by atoms with van der Waals surface area (Å²) in [4.78, 5) is 7.28. The molecule has 0 saturated carbocycles. The number of aromatic nitrogens is 1. The molecule has 0 fully saturated rings. The van der Waals surface area contributed by atoms with Crippen molar-refractivity contribution < 1.29 is 0 Å². The largest absolute Gasteiger partial charge is 0.360 e. The molecule has 11 heavy (non-hydrogen) atoms. The molecule has 0 amide bonds. The van der Waals surface area contributed by atoms with Crippen LogP contribution in [0.3, 0.4) is 0 Å². The Kier molecular flexibility index (Phi) is 3.83. The lowest BCUT2D eigenvalue weighted by Crippen LogP contribution is -1.86. The second-order valence-electron chi connectivity index (χ2n) is 2.15. The molecule has 0 saturated heterocycles. The first-order valence-corrected chi connectivity index (χ1v) is 4.95. The Bertz CT molecular complexity index is 204. The molecule has 2 nitrogen and oxygen atoms in total. The highest BCUT2D eigenvalue weighted by Gasteiger charge is 1.83. The molecule has 0 atom stereocenters. The molecule has 0 aliphatic rings. The van der Waals surface area contributed by atoms with Crippen molar-refractivity contribution in [2.24, 2.45) is 4.99 Å². The Balaban J connectivity index is 2.25. The standard InChI is InChI=1S/C8H12N2S/c1-11-6-5-9-7-8-3-2-4-10-8/h2-4,7,10H,5-6H2,1H3. The highest BCUT2D eigenvalue weighted by atomic mass is 32.2. The Morgan fingerprint density at radius 2 is 2.64 bits per heavy atom. The lowest BCUT2D eigenvalue weighted by atomic mass is 10.5. The summed E-state index contributed by atoms with van der Waals surface area (Å²) >= 11 is 1.81. The summed E-state index contributed by atoms with van der Waals surface area (Å²) in [6, 6.07) is 3.97. The third kappa shape index (κ3) is 3.28. The first-order valence-electron chi connectivity index (χ1n) is 3.55. The summed E-state index contributed by atoms with van der Waals surface area (Å²) < 4.78 is 0. The van der Waals surface area contributed by atoms with E-state index in [0.717, 1.165) is 18.0 Å². The van der Waals surface area contributed by atoms with Gasteiger partial charge in [-0.05, 0) is 18.4 Å². The van der Waals surface area contributed by atoms with E-state index >= 15 is 0 Å². The van der Waals surface area contributed by atoms with Crippen LogP contribution in [0.25, 0.3) is 0 Å². The molecule has 60 valence electrons. The van der Waals surface area contributed by atoms with Crippen LogP contribution in [0.15, 0.2) is 23.3 Å². The Morgan fingerprint density at radius 3 is 3.27 bits per heavy atom. The van der Waals surface area contributed by atoms with Crippen molar-refractivity contribution >= 4 is 18.0 Å². The molecule has 1 rings (SSSR count). The highest BCUT2D eigenvalue weighted by molar-refractivity contribution is 7.98. The molecule has 0 bridgehead atoms. The van der Waals surface area contributed by atoms with Gasteiger partial charge in [0.1, 0.15) is 0 Å². The van der Waals surface area contributed by atoms with Crippen LogP contribution in [-0.2, 0) is 0 Å². The second kappa shape index (κ2) is 5.02. The fourth-order valence-corrected chi connectivity index (χ4v) is 1.02. The number of hydrogen-bond donors (Lipinski definition) is 1. The molecule has 1 heterocycles. The van der Waals surface area contributed by atoms with E-state index < -0.39 is 0 Å². The van der Waals surface area contributed by atoms with Crippen molar-refractivity contribution in [1.29, 1.82) is 0 Å². The minimum absolute atomic E-state index is 0.903. The summed E-state index contributed by atoms with van der Waals surface area (Å²) in [5, 5.41) is 0. The van der Waals surface area contributed by atoms with Crippen LogP contribution in [-0.4, -0.2) is 29.8 Å². The van der Waals surface area contributed by atoms with E-state index in [-0.39, 0.29) is 0 Å². The fraction of sp³-hybridized carbons (Fsp3) is 0.375. The van der Waals surface area contributed by atoms with Gasteiger partial charge in [-0.15, -0.1) is 0 Å². The van der Waals surface area contributed by atoms with Gasteiger partial charge in [0.15, 0.2) is 0 Å². The molecular weight excluding hydrogens is 156 g/mol. The summed E-state index contributed by atoms with van der Waals surface area (Å²) in [6.07, 6.45) is 5.86. The van der Waals surface area contributed by atoms with Crippen LogP contribution in [0.1, 0.15) is 5.69 Å². The number of H-pyrrole nitrogens is 1. The predicted octanol–water partition coefficient (Wildman–Crippen LogP) is 1.80. The second-order valence-corrected chi connectivity index (χ2v) is 3.14. The molecular formula is C8H12N2S. The Morgan fingerprint density at radius 1 is 1.73 bits per heavy atom.